The second kappa shape index (κ2) is 5.73. The van der Waals surface area contributed by atoms with E-state index in [-0.39, 0.29) is 0 Å². The first-order valence-electron chi connectivity index (χ1n) is 8.53. The molecule has 0 fully saturated rings. The largest absolute Gasteiger partial charge is 0.350 e. The van der Waals surface area contributed by atoms with Crippen molar-refractivity contribution in [1.82, 2.24) is 24.1 Å². The molecule has 0 radical (unpaired) electrons. The van der Waals surface area contributed by atoms with Crippen LogP contribution < -0.4 is 4.90 Å². The van der Waals surface area contributed by atoms with Crippen LogP contribution >= 0.6 is 0 Å². The van der Waals surface area contributed by atoms with Gasteiger partial charge < -0.3 is 9.47 Å². The molecule has 0 amide bonds. The maximum Gasteiger partial charge on any atom is 0.157 e. The Hall–Kier alpha value is -3.15. The number of benzene rings is 1. The zero-order chi connectivity index (χ0) is 16.6. The quantitative estimate of drug-likeness (QED) is 0.567. The number of aromatic nitrogens is 5. The van der Waals surface area contributed by atoms with Crippen LogP contribution in [0.4, 0.5) is 5.82 Å². The van der Waals surface area contributed by atoms with Crippen LogP contribution in [0.1, 0.15) is 12.1 Å². The minimum Gasteiger partial charge on any atom is -0.350 e. The molecule has 4 heterocycles. The lowest BCUT2D eigenvalue weighted by atomic mass is 10.1. The average Bonchev–Trinajstić information content (AvgIpc) is 3.26. The van der Waals surface area contributed by atoms with Crippen molar-refractivity contribution in [3.63, 3.8) is 0 Å². The number of nitrogens with zero attached hydrogens (tertiary/aromatic N) is 6. The third-order valence-corrected chi connectivity index (χ3v) is 4.71. The number of hydrogen-bond donors (Lipinski definition) is 0. The Bertz CT molecular complexity index is 1020. The van der Waals surface area contributed by atoms with Crippen molar-refractivity contribution in [2.75, 3.05) is 11.4 Å². The normalized spacial score (nSPS) is 14.5. The van der Waals surface area contributed by atoms with Gasteiger partial charge in [-0.15, -0.1) is 0 Å². The molecule has 1 aromatic carbocycles. The van der Waals surface area contributed by atoms with Crippen LogP contribution in [0.25, 0.3) is 16.9 Å². The molecule has 25 heavy (non-hydrogen) atoms. The van der Waals surface area contributed by atoms with Gasteiger partial charge >= 0.3 is 0 Å². The molecule has 6 nitrogen and oxygen atoms in total. The van der Waals surface area contributed by atoms with E-state index in [9.17, 15) is 0 Å². The standard InChI is InChI=1S/C19H18N6/c1-2-5-15(6-3-1)17-11-19(25-18(22-17)7-8-21-25)23-9-4-10-24-14-20-12-16(24)13-23/h1-3,5-8,11-12,14H,4,9-10,13H2. The van der Waals surface area contributed by atoms with Gasteiger partial charge in [-0.3, -0.25) is 0 Å². The number of fused-ring (bicyclic) bond motifs is 2. The van der Waals surface area contributed by atoms with E-state index >= 15 is 0 Å². The Labute approximate surface area is 145 Å². The van der Waals surface area contributed by atoms with Crippen molar-refractivity contribution in [1.29, 1.82) is 0 Å². The highest BCUT2D eigenvalue weighted by molar-refractivity contribution is 5.66. The fraction of sp³-hybridized carbons (Fsp3) is 0.211. The lowest BCUT2D eigenvalue weighted by Gasteiger charge is -2.23. The monoisotopic (exact) mass is 330 g/mol. The Morgan fingerprint density at radius 2 is 1.92 bits per heavy atom. The summed E-state index contributed by atoms with van der Waals surface area (Å²) in [4.78, 5) is 11.4. The van der Waals surface area contributed by atoms with Crippen LogP contribution in [-0.4, -0.2) is 30.7 Å². The van der Waals surface area contributed by atoms with Gasteiger partial charge in [0.25, 0.3) is 0 Å². The van der Waals surface area contributed by atoms with Crippen LogP contribution in [0.5, 0.6) is 0 Å². The van der Waals surface area contributed by atoms with E-state index in [2.05, 4.69) is 37.7 Å². The first kappa shape index (κ1) is 14.2. The summed E-state index contributed by atoms with van der Waals surface area (Å²) in [6.45, 7) is 2.81. The molecule has 5 rings (SSSR count). The van der Waals surface area contributed by atoms with E-state index in [0.717, 1.165) is 48.8 Å². The van der Waals surface area contributed by atoms with Gasteiger partial charge in [0.2, 0.25) is 0 Å². The molecule has 1 aliphatic heterocycles. The second-order valence-corrected chi connectivity index (χ2v) is 6.32. The Morgan fingerprint density at radius 3 is 2.84 bits per heavy atom. The van der Waals surface area contributed by atoms with E-state index in [1.54, 1.807) is 0 Å². The predicted molar refractivity (Wildman–Crippen MR) is 96.3 cm³/mol. The molecule has 1 aliphatic rings. The molecule has 0 saturated heterocycles. The van der Waals surface area contributed by atoms with E-state index in [0.29, 0.717) is 0 Å². The number of imidazole rings is 1. The molecule has 0 unspecified atom stereocenters. The Morgan fingerprint density at radius 1 is 1.00 bits per heavy atom. The summed E-state index contributed by atoms with van der Waals surface area (Å²) in [6.07, 6.45) is 6.76. The van der Waals surface area contributed by atoms with Gasteiger partial charge in [0.05, 0.1) is 30.5 Å². The minimum absolute atomic E-state index is 0.827. The number of hydrogen-bond acceptors (Lipinski definition) is 4. The van der Waals surface area contributed by atoms with E-state index in [4.69, 9.17) is 4.98 Å². The highest BCUT2D eigenvalue weighted by Crippen LogP contribution is 2.26. The predicted octanol–water partition coefficient (Wildman–Crippen LogP) is 3.00. The second-order valence-electron chi connectivity index (χ2n) is 6.32. The highest BCUT2D eigenvalue weighted by atomic mass is 15.3. The SMILES string of the molecule is c1ccc(-c2cc(N3CCCn4cncc4C3)n3nccc3n2)cc1. The van der Waals surface area contributed by atoms with Crippen molar-refractivity contribution in [3.05, 3.63) is 66.9 Å². The number of aryl methyl sites for hydroxylation is 1. The van der Waals surface area contributed by atoms with Gasteiger partial charge in [0.1, 0.15) is 5.82 Å². The topological polar surface area (TPSA) is 51.2 Å². The molecule has 0 aliphatic carbocycles. The maximum atomic E-state index is 4.77. The summed E-state index contributed by atoms with van der Waals surface area (Å²) in [6, 6.07) is 14.4. The summed E-state index contributed by atoms with van der Waals surface area (Å²) in [5, 5.41) is 4.49. The van der Waals surface area contributed by atoms with Gasteiger partial charge in [-0.1, -0.05) is 30.3 Å². The van der Waals surface area contributed by atoms with Crippen LogP contribution in [0.15, 0.2) is 61.2 Å². The van der Waals surface area contributed by atoms with Gasteiger partial charge in [-0.05, 0) is 6.42 Å². The summed E-state index contributed by atoms with van der Waals surface area (Å²) in [5.41, 5.74) is 4.19. The first-order valence-corrected chi connectivity index (χ1v) is 8.53. The lowest BCUT2D eigenvalue weighted by Crippen LogP contribution is -2.25. The molecule has 6 heteroatoms. The molecule has 0 atom stereocenters. The van der Waals surface area contributed by atoms with Crippen molar-refractivity contribution >= 4 is 11.5 Å². The Balaban J connectivity index is 1.64. The smallest absolute Gasteiger partial charge is 0.157 e. The van der Waals surface area contributed by atoms with Crippen LogP contribution in [0, 0.1) is 0 Å². The van der Waals surface area contributed by atoms with Gasteiger partial charge in [0, 0.05) is 37.0 Å². The van der Waals surface area contributed by atoms with Gasteiger partial charge in [-0.2, -0.15) is 9.61 Å². The lowest BCUT2D eigenvalue weighted by molar-refractivity contribution is 0.658. The van der Waals surface area contributed by atoms with Crippen molar-refractivity contribution in [2.24, 2.45) is 0 Å². The van der Waals surface area contributed by atoms with Crippen molar-refractivity contribution in [3.8, 4) is 11.3 Å². The van der Waals surface area contributed by atoms with Crippen molar-refractivity contribution < 1.29 is 0 Å². The molecule has 0 N–H and O–H groups in total. The van der Waals surface area contributed by atoms with Crippen LogP contribution in [0.3, 0.4) is 0 Å². The molecular weight excluding hydrogens is 312 g/mol. The molecule has 0 saturated carbocycles. The molecule has 4 aromatic rings. The Kier molecular flexibility index (Phi) is 3.26. The first-order chi connectivity index (χ1) is 12.4. The zero-order valence-electron chi connectivity index (χ0n) is 13.8. The molecular formula is C19H18N6. The summed E-state index contributed by atoms with van der Waals surface area (Å²) < 4.78 is 4.16. The average molecular weight is 330 g/mol. The van der Waals surface area contributed by atoms with Crippen LogP contribution in [-0.2, 0) is 13.1 Å². The molecule has 3 aromatic heterocycles. The summed E-state index contributed by atoms with van der Waals surface area (Å²) in [5.74, 6) is 1.07. The van der Waals surface area contributed by atoms with Crippen LogP contribution in [0.2, 0.25) is 0 Å². The number of anilines is 1. The maximum absolute atomic E-state index is 4.77. The zero-order valence-corrected chi connectivity index (χ0v) is 13.8. The minimum atomic E-state index is 0.827. The molecule has 0 bridgehead atoms. The van der Waals surface area contributed by atoms with Gasteiger partial charge in [0.15, 0.2) is 5.65 Å². The summed E-state index contributed by atoms with van der Waals surface area (Å²) >= 11 is 0. The fourth-order valence-corrected chi connectivity index (χ4v) is 3.46. The third-order valence-electron chi connectivity index (χ3n) is 4.71. The molecule has 0 spiro atoms. The third kappa shape index (κ3) is 2.46. The highest BCUT2D eigenvalue weighted by Gasteiger charge is 2.19. The van der Waals surface area contributed by atoms with E-state index in [1.165, 1.54) is 5.69 Å². The van der Waals surface area contributed by atoms with E-state index in [1.807, 2.05) is 47.5 Å². The fourth-order valence-electron chi connectivity index (χ4n) is 3.46. The summed E-state index contributed by atoms with van der Waals surface area (Å²) in [7, 11) is 0. The molecule has 124 valence electrons. The van der Waals surface area contributed by atoms with Gasteiger partial charge in [-0.25, -0.2) is 9.97 Å². The van der Waals surface area contributed by atoms with E-state index < -0.39 is 0 Å². The van der Waals surface area contributed by atoms with Crippen molar-refractivity contribution in [2.45, 2.75) is 19.5 Å². The number of rotatable bonds is 2.